The molecule has 1 aromatic rings. The molecule has 0 amide bonds. The Morgan fingerprint density at radius 1 is 1.47 bits per heavy atom. The summed E-state index contributed by atoms with van der Waals surface area (Å²) in [5.74, 6) is 1.14. The molecule has 1 unspecified atom stereocenters. The van der Waals surface area contributed by atoms with Crippen LogP contribution in [0.1, 0.15) is 32.5 Å². The lowest BCUT2D eigenvalue weighted by atomic mass is 10.1. The highest BCUT2D eigenvalue weighted by Gasteiger charge is 2.09. The van der Waals surface area contributed by atoms with Gasteiger partial charge in [0.05, 0.1) is 6.61 Å². The van der Waals surface area contributed by atoms with E-state index in [0.29, 0.717) is 6.04 Å². The Hall–Kier alpha value is -0.870. The molecule has 0 bridgehead atoms. The van der Waals surface area contributed by atoms with Gasteiger partial charge in [0, 0.05) is 38.5 Å². The molecule has 1 heterocycles. The van der Waals surface area contributed by atoms with Crippen molar-refractivity contribution in [2.24, 2.45) is 7.05 Å². The van der Waals surface area contributed by atoms with E-state index in [9.17, 15) is 0 Å². The van der Waals surface area contributed by atoms with Gasteiger partial charge in [-0.2, -0.15) is 0 Å². The first-order chi connectivity index (χ1) is 8.27. The van der Waals surface area contributed by atoms with Gasteiger partial charge in [0.2, 0.25) is 0 Å². The molecule has 0 fully saturated rings. The predicted molar refractivity (Wildman–Crippen MR) is 70.1 cm³/mol. The van der Waals surface area contributed by atoms with Crippen molar-refractivity contribution >= 4 is 0 Å². The van der Waals surface area contributed by atoms with Crippen molar-refractivity contribution in [3.05, 3.63) is 18.2 Å². The number of aryl methyl sites for hydroxylation is 2. The van der Waals surface area contributed by atoms with Gasteiger partial charge in [-0.1, -0.05) is 13.8 Å². The maximum Gasteiger partial charge on any atom is 0.108 e. The molecule has 0 saturated carbocycles. The third kappa shape index (κ3) is 5.33. The summed E-state index contributed by atoms with van der Waals surface area (Å²) in [4.78, 5) is 4.34. The van der Waals surface area contributed by atoms with E-state index in [1.165, 1.54) is 0 Å². The number of hydrogen-bond acceptors (Lipinski definition) is 3. The standard InChI is InChI=1S/C13H25N3O/c1-4-10-17-11-12(14-5-2)6-7-13-15-8-9-16(13)3/h8-9,12,14H,4-7,10-11H2,1-3H3. The van der Waals surface area contributed by atoms with Gasteiger partial charge in [-0.05, 0) is 19.4 Å². The Bertz CT molecular complexity index is 299. The molecule has 1 N–H and O–H groups in total. The van der Waals surface area contributed by atoms with Crippen LogP contribution < -0.4 is 5.32 Å². The topological polar surface area (TPSA) is 39.1 Å². The zero-order valence-corrected chi connectivity index (χ0v) is 11.3. The van der Waals surface area contributed by atoms with Crippen LogP contribution in [0, 0.1) is 0 Å². The number of nitrogens with zero attached hydrogens (tertiary/aromatic N) is 2. The van der Waals surface area contributed by atoms with E-state index in [4.69, 9.17) is 4.74 Å². The largest absolute Gasteiger partial charge is 0.380 e. The van der Waals surface area contributed by atoms with Crippen LogP contribution >= 0.6 is 0 Å². The Morgan fingerprint density at radius 2 is 2.29 bits per heavy atom. The van der Waals surface area contributed by atoms with Gasteiger partial charge in [0.1, 0.15) is 5.82 Å². The van der Waals surface area contributed by atoms with Crippen LogP contribution in [0.5, 0.6) is 0 Å². The first-order valence-corrected chi connectivity index (χ1v) is 6.55. The zero-order valence-electron chi connectivity index (χ0n) is 11.3. The monoisotopic (exact) mass is 239 g/mol. The number of aromatic nitrogens is 2. The van der Waals surface area contributed by atoms with E-state index in [1.54, 1.807) is 0 Å². The van der Waals surface area contributed by atoms with Gasteiger partial charge < -0.3 is 14.6 Å². The number of nitrogens with one attached hydrogen (secondary N) is 1. The smallest absolute Gasteiger partial charge is 0.108 e. The summed E-state index contributed by atoms with van der Waals surface area (Å²) in [5.41, 5.74) is 0. The van der Waals surface area contributed by atoms with Crippen molar-refractivity contribution in [1.29, 1.82) is 0 Å². The number of hydrogen-bond donors (Lipinski definition) is 1. The Balaban J connectivity index is 2.30. The number of ether oxygens (including phenoxy) is 1. The number of rotatable bonds is 9. The lowest BCUT2D eigenvalue weighted by Gasteiger charge is -2.17. The fourth-order valence-electron chi connectivity index (χ4n) is 1.84. The van der Waals surface area contributed by atoms with Crippen LogP contribution in [-0.2, 0) is 18.2 Å². The molecule has 0 aliphatic carbocycles. The molecule has 0 aliphatic heterocycles. The SMILES string of the molecule is CCCOCC(CCc1nccn1C)NCC. The molecule has 4 nitrogen and oxygen atoms in total. The fraction of sp³-hybridized carbons (Fsp3) is 0.769. The van der Waals surface area contributed by atoms with Crippen LogP contribution in [0.25, 0.3) is 0 Å². The molecule has 0 saturated heterocycles. The average molecular weight is 239 g/mol. The molecule has 0 aliphatic rings. The highest BCUT2D eigenvalue weighted by atomic mass is 16.5. The lowest BCUT2D eigenvalue weighted by Crippen LogP contribution is -2.34. The van der Waals surface area contributed by atoms with Crippen molar-refractivity contribution in [3.63, 3.8) is 0 Å². The fourth-order valence-corrected chi connectivity index (χ4v) is 1.84. The van der Waals surface area contributed by atoms with Crippen molar-refractivity contribution < 1.29 is 4.74 Å². The summed E-state index contributed by atoms with van der Waals surface area (Å²) in [5, 5.41) is 3.46. The van der Waals surface area contributed by atoms with Gasteiger partial charge in [0.15, 0.2) is 0 Å². The summed E-state index contributed by atoms with van der Waals surface area (Å²) in [7, 11) is 2.04. The molecule has 4 heteroatoms. The summed E-state index contributed by atoms with van der Waals surface area (Å²) >= 11 is 0. The second-order valence-corrected chi connectivity index (χ2v) is 4.32. The molecule has 1 aromatic heterocycles. The van der Waals surface area contributed by atoms with Gasteiger partial charge >= 0.3 is 0 Å². The maximum atomic E-state index is 5.61. The van der Waals surface area contributed by atoms with Crippen molar-refractivity contribution in [1.82, 2.24) is 14.9 Å². The first-order valence-electron chi connectivity index (χ1n) is 6.55. The second kappa shape index (κ2) is 8.25. The minimum Gasteiger partial charge on any atom is -0.380 e. The van der Waals surface area contributed by atoms with E-state index >= 15 is 0 Å². The maximum absolute atomic E-state index is 5.61. The van der Waals surface area contributed by atoms with E-state index in [2.05, 4.69) is 28.7 Å². The van der Waals surface area contributed by atoms with Crippen molar-refractivity contribution in [2.75, 3.05) is 19.8 Å². The van der Waals surface area contributed by atoms with Gasteiger partial charge in [-0.25, -0.2) is 4.98 Å². The number of likely N-dealkylation sites (N-methyl/N-ethyl adjacent to an activating group) is 1. The average Bonchev–Trinajstić information content (AvgIpc) is 2.72. The van der Waals surface area contributed by atoms with Crippen molar-refractivity contribution in [2.45, 2.75) is 39.2 Å². The molecule has 0 spiro atoms. The third-order valence-corrected chi connectivity index (χ3v) is 2.80. The summed E-state index contributed by atoms with van der Waals surface area (Å²) in [6.07, 6.45) is 6.99. The Morgan fingerprint density at radius 3 is 2.88 bits per heavy atom. The quantitative estimate of drug-likeness (QED) is 0.667. The Kier molecular flexibility index (Phi) is 6.89. The molecular weight excluding hydrogens is 214 g/mol. The lowest BCUT2D eigenvalue weighted by molar-refractivity contribution is 0.109. The second-order valence-electron chi connectivity index (χ2n) is 4.32. The molecule has 98 valence electrons. The van der Waals surface area contributed by atoms with Gasteiger partial charge in [0.25, 0.3) is 0 Å². The van der Waals surface area contributed by atoms with E-state index in [1.807, 2.05) is 19.4 Å². The predicted octanol–water partition coefficient (Wildman–Crippen LogP) is 1.76. The highest BCUT2D eigenvalue weighted by molar-refractivity contribution is 4.92. The van der Waals surface area contributed by atoms with Crippen LogP contribution in [-0.4, -0.2) is 35.4 Å². The Labute approximate surface area is 104 Å². The van der Waals surface area contributed by atoms with E-state index in [-0.39, 0.29) is 0 Å². The van der Waals surface area contributed by atoms with E-state index in [0.717, 1.165) is 44.8 Å². The molecule has 1 atom stereocenters. The van der Waals surface area contributed by atoms with E-state index < -0.39 is 0 Å². The van der Waals surface area contributed by atoms with Crippen LogP contribution in [0.3, 0.4) is 0 Å². The van der Waals surface area contributed by atoms with Gasteiger partial charge in [-0.15, -0.1) is 0 Å². The van der Waals surface area contributed by atoms with Crippen LogP contribution in [0.15, 0.2) is 12.4 Å². The highest BCUT2D eigenvalue weighted by Crippen LogP contribution is 2.03. The molecule has 0 radical (unpaired) electrons. The molecular formula is C13H25N3O. The summed E-state index contributed by atoms with van der Waals surface area (Å²) in [6.45, 7) is 6.90. The third-order valence-electron chi connectivity index (χ3n) is 2.80. The van der Waals surface area contributed by atoms with Crippen molar-refractivity contribution in [3.8, 4) is 0 Å². The number of imidazole rings is 1. The zero-order chi connectivity index (χ0) is 12.5. The minimum absolute atomic E-state index is 0.434. The molecule has 0 aromatic carbocycles. The molecule has 1 rings (SSSR count). The normalized spacial score (nSPS) is 12.9. The molecule has 17 heavy (non-hydrogen) atoms. The first kappa shape index (κ1) is 14.2. The summed E-state index contributed by atoms with van der Waals surface area (Å²) < 4.78 is 7.69. The van der Waals surface area contributed by atoms with Crippen LogP contribution in [0.2, 0.25) is 0 Å². The minimum atomic E-state index is 0.434. The van der Waals surface area contributed by atoms with Crippen LogP contribution in [0.4, 0.5) is 0 Å². The van der Waals surface area contributed by atoms with Gasteiger partial charge in [-0.3, -0.25) is 0 Å². The summed E-state index contributed by atoms with van der Waals surface area (Å²) in [6, 6.07) is 0.434.